The summed E-state index contributed by atoms with van der Waals surface area (Å²) in [6, 6.07) is 2.22. The van der Waals surface area contributed by atoms with E-state index in [9.17, 15) is 14.7 Å². The molecule has 0 aliphatic heterocycles. The minimum Gasteiger partial charge on any atom is -0.507 e. The lowest BCUT2D eigenvalue weighted by Crippen LogP contribution is -2.22. The van der Waals surface area contributed by atoms with E-state index >= 15 is 0 Å². The standard InChI is InChI=1S/C44H78O5S/c1-10-12-13-14-15-16-17-18-19-20-21-22-23-24-28-31-39(45)49-32-33-50-38(42(47)48-11-2)30-27-25-26-29-36-34-37(43(4,5)6)41(46)35(3)40(36)44(7,8)9/h34,38,46H,10-33H2,1-9H3. The number of carbonyl (C=O) groups excluding carboxylic acids is 2. The van der Waals surface area contributed by atoms with Crippen molar-refractivity contribution in [1.29, 1.82) is 0 Å². The Morgan fingerprint density at radius 1 is 0.720 bits per heavy atom. The van der Waals surface area contributed by atoms with Crippen molar-refractivity contribution in [3.8, 4) is 5.75 Å². The second-order valence-electron chi connectivity index (χ2n) is 16.6. The summed E-state index contributed by atoms with van der Waals surface area (Å²) in [5, 5.41) is 10.8. The normalized spacial score (nSPS) is 12.7. The SMILES string of the molecule is CCCCCCCCCCCCCCCCCC(=O)OCCSC(CCCCCc1cc(C(C)(C)C)c(O)c(C)c1C(C)(C)C)C(=O)OCC. The maximum Gasteiger partial charge on any atom is 0.319 e. The molecule has 1 N–H and O–H groups in total. The number of benzene rings is 1. The first kappa shape index (κ1) is 46.3. The summed E-state index contributed by atoms with van der Waals surface area (Å²) in [6.07, 6.45) is 24.8. The van der Waals surface area contributed by atoms with Gasteiger partial charge in [0.2, 0.25) is 0 Å². The highest BCUT2D eigenvalue weighted by Crippen LogP contribution is 2.41. The maximum atomic E-state index is 12.7. The van der Waals surface area contributed by atoms with E-state index < -0.39 is 0 Å². The highest BCUT2D eigenvalue weighted by Gasteiger charge is 2.28. The molecule has 1 unspecified atom stereocenters. The van der Waals surface area contributed by atoms with Crippen molar-refractivity contribution in [1.82, 2.24) is 0 Å². The number of phenols is 1. The molecule has 0 aliphatic rings. The van der Waals surface area contributed by atoms with Gasteiger partial charge in [0.05, 0.1) is 6.61 Å². The van der Waals surface area contributed by atoms with Crippen LogP contribution in [0.4, 0.5) is 0 Å². The Morgan fingerprint density at radius 3 is 1.74 bits per heavy atom. The Morgan fingerprint density at radius 2 is 1.24 bits per heavy atom. The molecule has 0 aliphatic carbocycles. The van der Waals surface area contributed by atoms with E-state index in [0.29, 0.717) is 31.1 Å². The lowest BCUT2D eigenvalue weighted by Gasteiger charge is -2.30. The van der Waals surface area contributed by atoms with E-state index in [1.807, 2.05) is 13.8 Å². The molecule has 1 aromatic carbocycles. The quantitative estimate of drug-likeness (QED) is 0.0687. The van der Waals surface area contributed by atoms with Crippen molar-refractivity contribution < 1.29 is 24.2 Å². The van der Waals surface area contributed by atoms with Gasteiger partial charge in [-0.05, 0) is 72.6 Å². The Labute approximate surface area is 313 Å². The van der Waals surface area contributed by atoms with Crippen LogP contribution >= 0.6 is 11.8 Å². The second-order valence-corrected chi connectivity index (χ2v) is 17.9. The van der Waals surface area contributed by atoms with Crippen molar-refractivity contribution >= 4 is 23.7 Å². The zero-order valence-corrected chi connectivity index (χ0v) is 34.9. The van der Waals surface area contributed by atoms with E-state index in [0.717, 1.165) is 56.1 Å². The second kappa shape index (κ2) is 26.1. The summed E-state index contributed by atoms with van der Waals surface area (Å²) in [6.45, 7) is 20.0. The van der Waals surface area contributed by atoms with Crippen LogP contribution in [0.3, 0.4) is 0 Å². The Kier molecular flexibility index (Phi) is 24.2. The molecule has 50 heavy (non-hydrogen) atoms. The van der Waals surface area contributed by atoms with E-state index in [-0.39, 0.29) is 28.0 Å². The molecule has 0 fully saturated rings. The fraction of sp³-hybridized carbons (Fsp3) is 0.818. The predicted molar refractivity (Wildman–Crippen MR) is 216 cm³/mol. The number of ether oxygens (including phenoxy) is 2. The van der Waals surface area contributed by atoms with E-state index in [1.165, 1.54) is 94.6 Å². The Hall–Kier alpha value is -1.69. The van der Waals surface area contributed by atoms with Crippen LogP contribution in [0.1, 0.15) is 206 Å². The fourth-order valence-corrected chi connectivity index (χ4v) is 8.08. The molecular weight excluding hydrogens is 641 g/mol. The lowest BCUT2D eigenvalue weighted by molar-refractivity contribution is -0.143. The summed E-state index contributed by atoms with van der Waals surface area (Å²) in [5.41, 5.74) is 4.37. The monoisotopic (exact) mass is 719 g/mol. The van der Waals surface area contributed by atoms with E-state index in [4.69, 9.17) is 9.47 Å². The average molecular weight is 719 g/mol. The first-order valence-electron chi connectivity index (χ1n) is 20.5. The van der Waals surface area contributed by atoms with Crippen molar-refractivity contribution in [3.05, 3.63) is 28.3 Å². The molecule has 0 radical (unpaired) electrons. The number of carbonyl (C=O) groups is 2. The molecule has 0 aromatic heterocycles. The molecule has 0 bridgehead atoms. The summed E-state index contributed by atoms with van der Waals surface area (Å²) in [4.78, 5) is 25.0. The highest BCUT2D eigenvalue weighted by molar-refractivity contribution is 8.00. The number of esters is 2. The number of rotatable bonds is 28. The lowest BCUT2D eigenvalue weighted by atomic mass is 9.75. The van der Waals surface area contributed by atoms with Crippen LogP contribution in [0.15, 0.2) is 6.07 Å². The maximum absolute atomic E-state index is 12.7. The number of aromatic hydroxyl groups is 1. The van der Waals surface area contributed by atoms with Crippen LogP contribution in [0.5, 0.6) is 5.75 Å². The van der Waals surface area contributed by atoms with E-state index in [2.05, 4.69) is 54.5 Å². The third-order valence-corrected chi connectivity index (χ3v) is 11.0. The van der Waals surface area contributed by atoms with Crippen LogP contribution < -0.4 is 0 Å². The van der Waals surface area contributed by atoms with Gasteiger partial charge in [0.25, 0.3) is 0 Å². The molecular formula is C44H78O5S. The Balaban J connectivity index is 2.32. The smallest absolute Gasteiger partial charge is 0.319 e. The van der Waals surface area contributed by atoms with Crippen molar-refractivity contribution in [3.63, 3.8) is 0 Å². The van der Waals surface area contributed by atoms with Gasteiger partial charge in [-0.1, -0.05) is 157 Å². The van der Waals surface area contributed by atoms with Crippen LogP contribution in [0.2, 0.25) is 0 Å². The third-order valence-electron chi connectivity index (χ3n) is 9.79. The average Bonchev–Trinajstić information content (AvgIpc) is 3.04. The number of hydrogen-bond donors (Lipinski definition) is 1. The molecule has 0 amide bonds. The number of hydrogen-bond acceptors (Lipinski definition) is 6. The molecule has 1 aromatic rings. The fourth-order valence-electron chi connectivity index (χ4n) is 7.07. The number of phenolic OH excluding ortho intramolecular Hbond substituents is 1. The number of thioether (sulfide) groups is 1. The van der Waals surface area contributed by atoms with Crippen LogP contribution in [0.25, 0.3) is 0 Å². The topological polar surface area (TPSA) is 72.8 Å². The van der Waals surface area contributed by atoms with Gasteiger partial charge in [0, 0.05) is 12.2 Å². The Bertz CT molecular complexity index is 1070. The highest BCUT2D eigenvalue weighted by atomic mass is 32.2. The minimum atomic E-state index is -0.238. The summed E-state index contributed by atoms with van der Waals surface area (Å²) in [5.74, 6) is 0.740. The molecule has 1 rings (SSSR count). The molecule has 0 spiro atoms. The van der Waals surface area contributed by atoms with Crippen molar-refractivity contribution in [2.75, 3.05) is 19.0 Å². The number of unbranched alkanes of at least 4 members (excludes halogenated alkanes) is 16. The molecule has 0 saturated heterocycles. The van der Waals surface area contributed by atoms with Gasteiger partial charge < -0.3 is 14.6 Å². The van der Waals surface area contributed by atoms with Gasteiger partial charge >= 0.3 is 11.9 Å². The zero-order valence-electron chi connectivity index (χ0n) is 34.1. The van der Waals surface area contributed by atoms with Gasteiger partial charge in [-0.2, -0.15) is 0 Å². The zero-order chi connectivity index (χ0) is 37.4. The third kappa shape index (κ3) is 19.8. The summed E-state index contributed by atoms with van der Waals surface area (Å²) < 4.78 is 10.9. The summed E-state index contributed by atoms with van der Waals surface area (Å²) >= 11 is 1.55. The molecule has 290 valence electrons. The van der Waals surface area contributed by atoms with Gasteiger partial charge in [0.1, 0.15) is 17.6 Å². The van der Waals surface area contributed by atoms with Crippen LogP contribution in [-0.2, 0) is 36.3 Å². The van der Waals surface area contributed by atoms with Crippen LogP contribution in [-0.4, -0.2) is 41.3 Å². The predicted octanol–water partition coefficient (Wildman–Crippen LogP) is 12.9. The first-order valence-corrected chi connectivity index (χ1v) is 21.6. The van der Waals surface area contributed by atoms with Crippen molar-refractivity contribution in [2.45, 2.75) is 213 Å². The van der Waals surface area contributed by atoms with Gasteiger partial charge in [-0.3, -0.25) is 9.59 Å². The molecule has 6 heteroatoms. The molecule has 5 nitrogen and oxygen atoms in total. The molecule has 1 atom stereocenters. The minimum absolute atomic E-state index is 0.0611. The van der Waals surface area contributed by atoms with Gasteiger partial charge in [-0.15, -0.1) is 11.8 Å². The van der Waals surface area contributed by atoms with Crippen molar-refractivity contribution in [2.24, 2.45) is 0 Å². The summed E-state index contributed by atoms with van der Waals surface area (Å²) in [7, 11) is 0. The largest absolute Gasteiger partial charge is 0.507 e. The van der Waals surface area contributed by atoms with Crippen LogP contribution in [0, 0.1) is 6.92 Å². The van der Waals surface area contributed by atoms with E-state index in [1.54, 1.807) is 11.8 Å². The first-order chi connectivity index (χ1) is 23.7. The van der Waals surface area contributed by atoms with Gasteiger partial charge in [0.15, 0.2) is 0 Å². The molecule has 0 saturated carbocycles. The van der Waals surface area contributed by atoms with Gasteiger partial charge in [-0.25, -0.2) is 0 Å². The molecule has 0 heterocycles. The number of aryl methyl sites for hydroxylation is 1.